The van der Waals surface area contributed by atoms with E-state index in [0.29, 0.717) is 38.5 Å². The van der Waals surface area contributed by atoms with Crippen LogP contribution in [0.4, 0.5) is 0 Å². The summed E-state index contributed by atoms with van der Waals surface area (Å²) in [6, 6.07) is 0. The molecule has 0 aromatic heterocycles. The summed E-state index contributed by atoms with van der Waals surface area (Å²) in [7, 11) is 0. The lowest BCUT2D eigenvalue weighted by molar-refractivity contribution is -0.391. The quantitative estimate of drug-likeness (QED) is 0.0167. The van der Waals surface area contributed by atoms with Gasteiger partial charge in [0.05, 0.1) is 62.4 Å². The Morgan fingerprint density at radius 1 is 0.446 bits per heavy atom. The van der Waals surface area contributed by atoms with Crippen LogP contribution in [0, 0.1) is 50.2 Å². The van der Waals surface area contributed by atoms with Crippen LogP contribution in [0.5, 0.6) is 0 Å². The lowest BCUT2D eigenvalue weighted by atomic mass is 9.33. The number of allylic oxidation sites excluding steroid dienone is 2. The normalized spacial score (nSPS) is 53.1. The van der Waals surface area contributed by atoms with Crippen LogP contribution in [0.15, 0.2) is 11.6 Å². The van der Waals surface area contributed by atoms with E-state index in [-0.39, 0.29) is 25.2 Å². The van der Waals surface area contributed by atoms with Crippen molar-refractivity contribution in [3.05, 3.63) is 11.6 Å². The second-order valence-corrected chi connectivity index (χ2v) is 37.1. The summed E-state index contributed by atoms with van der Waals surface area (Å²) in [6.45, 7) is 15.8. The first kappa shape index (κ1) is 94.6. The van der Waals surface area contributed by atoms with Gasteiger partial charge in [0.2, 0.25) is 6.29 Å². The number of fused-ring (bicyclic) bond motifs is 7. The van der Waals surface area contributed by atoms with Crippen LogP contribution >= 0.6 is 0 Å². The maximum Gasteiger partial charge on any atom is 0.335 e. The topological polar surface area (TPSA) is 636 Å². The maximum absolute atomic E-state index is 16.3. The van der Waals surface area contributed by atoms with Gasteiger partial charge in [-0.1, -0.05) is 53.2 Å². The molecule has 4 saturated carbocycles. The fourth-order valence-electron chi connectivity index (χ4n) is 22.1. The number of carboxylic acid groups (broad SMARTS) is 1. The molecule has 42 heteroatoms. The zero-order valence-corrected chi connectivity index (χ0v) is 69.0. The third-order valence-corrected chi connectivity index (χ3v) is 29.1. The van der Waals surface area contributed by atoms with Crippen molar-refractivity contribution in [2.24, 2.45) is 50.2 Å². The minimum Gasteiger partial charge on any atom is -0.479 e. The molecule has 0 amide bonds. The van der Waals surface area contributed by atoms with Crippen molar-refractivity contribution in [2.75, 3.05) is 26.4 Å². The molecule has 19 N–H and O–H groups in total. The van der Waals surface area contributed by atoms with Crippen molar-refractivity contribution in [1.82, 2.24) is 0 Å². The van der Waals surface area contributed by atoms with Crippen molar-refractivity contribution in [2.45, 2.75) is 373 Å². The second kappa shape index (κ2) is 36.1. The summed E-state index contributed by atoms with van der Waals surface area (Å²) in [5, 5.41) is 213. The molecule has 0 aromatic rings. The third-order valence-electron chi connectivity index (χ3n) is 29.1. The average molecular weight is 1740 g/mol. The van der Waals surface area contributed by atoms with E-state index in [1.54, 1.807) is 6.92 Å². The number of aliphatic hydroxyl groups excluding tert-OH is 18. The molecule has 0 bridgehead atoms. The molecule has 5 aliphatic carbocycles. The minimum absolute atomic E-state index is 0.0346. The van der Waals surface area contributed by atoms with Gasteiger partial charge in [0, 0.05) is 13.8 Å². The average Bonchev–Trinajstić information content (AvgIpc) is 0.668. The van der Waals surface area contributed by atoms with Gasteiger partial charge in [-0.3, -0.25) is 14.4 Å². The smallest absolute Gasteiger partial charge is 0.335 e. The summed E-state index contributed by atoms with van der Waals surface area (Å²) in [4.78, 5) is 68.6. The number of hydrogen-bond acceptors (Lipinski definition) is 41. The number of aliphatic hydroxyl groups is 18. The summed E-state index contributed by atoms with van der Waals surface area (Å²) in [5.74, 6) is -6.07. The molecule has 13 aliphatic rings. The van der Waals surface area contributed by atoms with Gasteiger partial charge in [0.15, 0.2) is 68.4 Å². The highest BCUT2D eigenvalue weighted by Gasteiger charge is 2.74. The molecule has 0 aromatic carbocycles. The molecule has 8 saturated heterocycles. The number of carbonyl (C=O) groups is 5. The number of hydrogen-bond donors (Lipinski definition) is 19. The molecular formula is C79H122O42. The second-order valence-electron chi connectivity index (χ2n) is 37.1. The lowest BCUT2D eigenvalue weighted by Crippen LogP contribution is -2.69. The summed E-state index contributed by atoms with van der Waals surface area (Å²) in [6.07, 6.45) is -65.1. The van der Waals surface area contributed by atoms with Gasteiger partial charge in [-0.15, -0.1) is 0 Å². The van der Waals surface area contributed by atoms with Crippen molar-refractivity contribution < 1.29 is 206 Å². The monoisotopic (exact) mass is 1740 g/mol. The largest absolute Gasteiger partial charge is 0.479 e. The Kier molecular flexibility index (Phi) is 28.2. The Hall–Kier alpha value is -4.03. The van der Waals surface area contributed by atoms with Gasteiger partial charge in [-0.05, 0) is 118 Å². The summed E-state index contributed by atoms with van der Waals surface area (Å²) in [5.41, 5.74) is -5.35. The fourth-order valence-corrected chi connectivity index (χ4v) is 22.1. The first-order valence-corrected chi connectivity index (χ1v) is 41.6. The molecule has 121 heavy (non-hydrogen) atoms. The maximum atomic E-state index is 16.3. The van der Waals surface area contributed by atoms with Crippen LogP contribution < -0.4 is 0 Å². The Morgan fingerprint density at radius 3 is 1.54 bits per heavy atom. The molecule has 12 fully saturated rings. The van der Waals surface area contributed by atoms with Crippen LogP contribution in [0.3, 0.4) is 0 Å². The highest BCUT2D eigenvalue weighted by Crippen LogP contribution is 2.76. The third kappa shape index (κ3) is 17.1. The van der Waals surface area contributed by atoms with E-state index in [9.17, 15) is 116 Å². The molecule has 13 rings (SSSR count). The molecule has 690 valence electrons. The molecule has 0 spiro atoms. The highest BCUT2D eigenvalue weighted by atomic mass is 16.8. The number of aldehydes is 1. The van der Waals surface area contributed by atoms with Gasteiger partial charge < -0.3 is 187 Å². The van der Waals surface area contributed by atoms with Gasteiger partial charge in [-0.25, -0.2) is 4.79 Å². The van der Waals surface area contributed by atoms with E-state index in [4.69, 9.17) is 85.3 Å². The zero-order chi connectivity index (χ0) is 88.5. The summed E-state index contributed by atoms with van der Waals surface area (Å²) < 4.78 is 108. The lowest BCUT2D eigenvalue weighted by Gasteiger charge is -2.71. The Bertz CT molecular complexity index is 3650. The van der Waals surface area contributed by atoms with Crippen LogP contribution in [0.2, 0.25) is 0 Å². The minimum atomic E-state index is -2.25. The molecular weight excluding hydrogens is 1620 g/mol. The van der Waals surface area contributed by atoms with Crippen molar-refractivity contribution >= 4 is 30.2 Å². The van der Waals surface area contributed by atoms with E-state index in [1.165, 1.54) is 20.8 Å². The van der Waals surface area contributed by atoms with Gasteiger partial charge in [0.25, 0.3) is 0 Å². The Labute approximate surface area is 695 Å². The Balaban J connectivity index is 0.777. The van der Waals surface area contributed by atoms with Crippen molar-refractivity contribution in [3.63, 3.8) is 0 Å². The van der Waals surface area contributed by atoms with Crippen LogP contribution in [-0.4, -0.2) is 393 Å². The zero-order valence-electron chi connectivity index (χ0n) is 69.0. The van der Waals surface area contributed by atoms with Crippen LogP contribution in [0.25, 0.3) is 0 Å². The predicted octanol–water partition coefficient (Wildman–Crippen LogP) is -6.35. The number of esters is 3. The van der Waals surface area contributed by atoms with Crippen molar-refractivity contribution in [1.29, 1.82) is 0 Å². The molecule has 47 atom stereocenters. The Morgan fingerprint density at radius 2 is 0.942 bits per heavy atom. The van der Waals surface area contributed by atoms with Crippen molar-refractivity contribution in [3.8, 4) is 0 Å². The van der Waals surface area contributed by atoms with Crippen LogP contribution in [0.1, 0.15) is 134 Å². The van der Waals surface area contributed by atoms with Crippen LogP contribution in [-0.2, 0) is 109 Å². The first-order valence-electron chi connectivity index (χ1n) is 41.6. The van der Waals surface area contributed by atoms with Gasteiger partial charge in [-0.2, -0.15) is 0 Å². The van der Waals surface area contributed by atoms with Gasteiger partial charge >= 0.3 is 23.9 Å². The van der Waals surface area contributed by atoms with E-state index in [0.717, 1.165) is 25.7 Å². The number of ether oxygens (including phenoxy) is 18. The number of carbonyl (C=O) groups excluding carboxylic acids is 4. The van der Waals surface area contributed by atoms with E-state index in [2.05, 4.69) is 26.8 Å². The van der Waals surface area contributed by atoms with E-state index >= 15 is 4.79 Å². The molecule has 0 radical (unpaired) electrons. The standard InChI is InChI=1S/C79H122O42/c1-27-55(114-67-53(99)58(36(86)25-106-67)116-65-47(93)42(88)34(84)23-104-65)46(92)50(96)68(107-27)119-62-51(97)56(115-70-54(100)60(111-31(5)83)57(29(3)108-70)110-30(4)82)28(2)109-71(62)121-73(103)79-19-18-74(6,7)20-33(79)32-12-13-39-75(8)16-15-41(76(9,26-81)38(75)14-17-77(39,10)78(32,11)21-40(79)87)113-72-63(120-69-49(95)45(91)44(90)37(22-80)112-69)59(52(98)61(118-72)64(101)102)117-66-48(94)43(89)35(85)24-105-66/h12,26-29,33-63,65-72,80,84-100H,13-25H2,1-11H3,(H,101,102). The predicted molar refractivity (Wildman–Crippen MR) is 393 cm³/mol. The molecule has 8 aliphatic heterocycles. The fraction of sp³-hybridized carbons (Fsp3) is 0.911. The number of rotatable bonds is 21. The SMILES string of the molecule is CC(=O)OC1C(C)OC(OC2C(C)OC(OC(=O)C34CCC(C)(C)CC3C3=CCC5C6(C)CCC(OC7OC(C(=O)O)C(O)C(OC8OCC(O)C(O)C8O)C7OC7OC(CO)C(O)C(O)C7O)C(C)(C=O)C6CCC5(C)C3(C)CC4O)C(OC3OC(C)C(OC4OCC(O)C(OC5OCC(O)C(O)C5O)C4O)C(O)C3O)C2O)C(O)C1OC(C)=O. The molecule has 42 nitrogen and oxygen atoms in total. The summed E-state index contributed by atoms with van der Waals surface area (Å²) >= 11 is 0. The van der Waals surface area contributed by atoms with E-state index in [1.807, 2.05) is 13.8 Å². The number of carboxylic acids is 1. The van der Waals surface area contributed by atoms with E-state index < -0.39 is 334 Å². The first-order chi connectivity index (χ1) is 56.7. The number of aliphatic carboxylic acids is 1. The van der Waals surface area contributed by atoms with Gasteiger partial charge in [0.1, 0.15) is 146 Å². The highest BCUT2D eigenvalue weighted by molar-refractivity contribution is 5.80. The molecule has 47 unspecified atom stereocenters. The molecule has 8 heterocycles.